The number of aliphatic hydroxyl groups is 1. The number of aliphatic hydroxyl groups excluding tert-OH is 1. The van der Waals surface area contributed by atoms with Gasteiger partial charge in [-0.1, -0.05) is 6.92 Å². The maximum atomic E-state index is 11.7. The van der Waals surface area contributed by atoms with Crippen LogP contribution in [0.3, 0.4) is 0 Å². The largest absolute Gasteiger partial charge is 0.395 e. The lowest BCUT2D eigenvalue weighted by atomic mass is 9.89. The molecule has 6 heteroatoms. The molecule has 2 heterocycles. The number of sulfonamides is 1. The number of nitrogens with zero attached hydrogens (tertiary/aromatic N) is 2. The van der Waals surface area contributed by atoms with Crippen molar-refractivity contribution in [3.63, 3.8) is 0 Å². The average Bonchev–Trinajstić information content (AvgIpc) is 2.38. The Hall–Kier alpha value is -0.170. The summed E-state index contributed by atoms with van der Waals surface area (Å²) in [6, 6.07) is 0.248. The lowest BCUT2D eigenvalue weighted by Gasteiger charge is -2.42. The summed E-state index contributed by atoms with van der Waals surface area (Å²) in [6.07, 6.45) is 5.71. The number of rotatable bonds is 4. The van der Waals surface area contributed by atoms with Gasteiger partial charge in [0.1, 0.15) is 0 Å². The molecular formula is C14H28N2O3S. The van der Waals surface area contributed by atoms with Crippen molar-refractivity contribution in [1.29, 1.82) is 0 Å². The Kier molecular flexibility index (Phi) is 5.45. The van der Waals surface area contributed by atoms with Crippen LogP contribution in [0, 0.1) is 11.8 Å². The van der Waals surface area contributed by atoms with Crippen LogP contribution in [-0.2, 0) is 10.0 Å². The molecule has 0 bridgehead atoms. The zero-order valence-electron chi connectivity index (χ0n) is 12.7. The molecule has 5 nitrogen and oxygen atoms in total. The van der Waals surface area contributed by atoms with Gasteiger partial charge in [-0.2, -0.15) is 0 Å². The molecule has 3 atom stereocenters. The second-order valence-corrected chi connectivity index (χ2v) is 8.48. The molecule has 0 spiro atoms. The topological polar surface area (TPSA) is 60.9 Å². The van der Waals surface area contributed by atoms with Gasteiger partial charge >= 0.3 is 0 Å². The Labute approximate surface area is 123 Å². The molecule has 2 aliphatic rings. The van der Waals surface area contributed by atoms with Crippen LogP contribution in [0.1, 0.15) is 32.6 Å². The molecule has 1 N–H and O–H groups in total. The van der Waals surface area contributed by atoms with Gasteiger partial charge in [0.05, 0.1) is 12.9 Å². The van der Waals surface area contributed by atoms with Crippen molar-refractivity contribution in [2.24, 2.45) is 11.8 Å². The van der Waals surface area contributed by atoms with E-state index in [1.54, 1.807) is 4.31 Å². The highest BCUT2D eigenvalue weighted by Gasteiger charge is 2.32. The number of hydrogen-bond donors (Lipinski definition) is 1. The summed E-state index contributed by atoms with van der Waals surface area (Å²) < 4.78 is 25.0. The summed E-state index contributed by atoms with van der Waals surface area (Å²) in [5.74, 6) is 0.932. The van der Waals surface area contributed by atoms with E-state index < -0.39 is 10.0 Å². The number of hydrogen-bond acceptors (Lipinski definition) is 4. The van der Waals surface area contributed by atoms with Crippen LogP contribution in [0.25, 0.3) is 0 Å². The molecule has 0 aromatic carbocycles. The molecule has 0 aromatic heterocycles. The zero-order valence-corrected chi connectivity index (χ0v) is 13.5. The summed E-state index contributed by atoms with van der Waals surface area (Å²) in [7, 11) is -3.06. The van der Waals surface area contributed by atoms with Crippen molar-refractivity contribution in [3.8, 4) is 0 Å². The van der Waals surface area contributed by atoms with Crippen LogP contribution in [0.15, 0.2) is 0 Å². The minimum absolute atomic E-state index is 0.212. The van der Waals surface area contributed by atoms with E-state index in [9.17, 15) is 13.5 Å². The SMILES string of the molecule is CC1CCCN(CC2CCCN(S(C)(=O)=O)C2)C1CO. The summed E-state index contributed by atoms with van der Waals surface area (Å²) in [5.41, 5.74) is 0. The van der Waals surface area contributed by atoms with Crippen LogP contribution in [0.5, 0.6) is 0 Å². The smallest absolute Gasteiger partial charge is 0.211 e. The standard InChI is InChI=1S/C14H28N2O3S/c1-12-5-3-7-15(14(12)11-17)9-13-6-4-8-16(10-13)20(2,18)19/h12-14,17H,3-11H2,1-2H3. The first-order chi connectivity index (χ1) is 9.41. The minimum atomic E-state index is -3.06. The van der Waals surface area contributed by atoms with E-state index in [2.05, 4.69) is 11.8 Å². The molecular weight excluding hydrogens is 276 g/mol. The normalized spacial score (nSPS) is 34.2. The third kappa shape index (κ3) is 3.93. The molecule has 0 saturated carbocycles. The van der Waals surface area contributed by atoms with Gasteiger partial charge in [0.2, 0.25) is 10.0 Å². The fourth-order valence-electron chi connectivity index (χ4n) is 3.67. The van der Waals surface area contributed by atoms with Gasteiger partial charge in [0, 0.05) is 25.7 Å². The first-order valence-corrected chi connectivity index (χ1v) is 9.56. The van der Waals surface area contributed by atoms with Crippen molar-refractivity contribution in [1.82, 2.24) is 9.21 Å². The van der Waals surface area contributed by atoms with E-state index in [0.29, 0.717) is 24.9 Å². The van der Waals surface area contributed by atoms with Crippen molar-refractivity contribution < 1.29 is 13.5 Å². The summed E-state index contributed by atoms with van der Waals surface area (Å²) >= 11 is 0. The lowest BCUT2D eigenvalue weighted by molar-refractivity contribution is 0.0346. The van der Waals surface area contributed by atoms with Crippen LogP contribution in [-0.4, -0.2) is 67.8 Å². The molecule has 2 fully saturated rings. The maximum Gasteiger partial charge on any atom is 0.211 e. The Morgan fingerprint density at radius 3 is 2.55 bits per heavy atom. The van der Waals surface area contributed by atoms with Gasteiger partial charge in [-0.05, 0) is 44.1 Å². The van der Waals surface area contributed by atoms with E-state index >= 15 is 0 Å². The van der Waals surface area contributed by atoms with Crippen LogP contribution >= 0.6 is 0 Å². The van der Waals surface area contributed by atoms with E-state index in [1.807, 2.05) is 0 Å². The first kappa shape index (κ1) is 16.2. The third-order valence-electron chi connectivity index (χ3n) is 4.86. The minimum Gasteiger partial charge on any atom is -0.395 e. The van der Waals surface area contributed by atoms with E-state index in [4.69, 9.17) is 0 Å². The lowest BCUT2D eigenvalue weighted by Crippen LogP contribution is -2.51. The van der Waals surface area contributed by atoms with E-state index in [-0.39, 0.29) is 12.6 Å². The predicted octanol–water partition coefficient (Wildman–Crippen LogP) is 0.751. The molecule has 3 unspecified atom stereocenters. The predicted molar refractivity (Wildman–Crippen MR) is 80.0 cm³/mol. The third-order valence-corrected chi connectivity index (χ3v) is 6.13. The van der Waals surface area contributed by atoms with Gasteiger partial charge in [0.15, 0.2) is 0 Å². The number of likely N-dealkylation sites (tertiary alicyclic amines) is 1. The van der Waals surface area contributed by atoms with Crippen molar-refractivity contribution >= 4 is 10.0 Å². The summed E-state index contributed by atoms with van der Waals surface area (Å²) in [4.78, 5) is 2.38. The maximum absolute atomic E-state index is 11.7. The first-order valence-electron chi connectivity index (χ1n) is 7.72. The van der Waals surface area contributed by atoms with Crippen molar-refractivity contribution in [2.75, 3.05) is 39.0 Å². The fourth-order valence-corrected chi connectivity index (χ4v) is 4.61. The Morgan fingerprint density at radius 1 is 1.20 bits per heavy atom. The molecule has 0 aliphatic carbocycles. The zero-order chi connectivity index (χ0) is 14.8. The Balaban J connectivity index is 1.95. The second kappa shape index (κ2) is 6.73. The molecule has 0 amide bonds. The van der Waals surface area contributed by atoms with Gasteiger partial charge in [-0.15, -0.1) is 0 Å². The van der Waals surface area contributed by atoms with Gasteiger partial charge in [-0.3, -0.25) is 4.90 Å². The fraction of sp³-hybridized carbons (Fsp3) is 1.00. The summed E-state index contributed by atoms with van der Waals surface area (Å²) in [6.45, 7) is 5.67. The van der Waals surface area contributed by atoms with Gasteiger partial charge in [0.25, 0.3) is 0 Å². The molecule has 0 radical (unpaired) electrons. The highest BCUT2D eigenvalue weighted by molar-refractivity contribution is 7.88. The highest BCUT2D eigenvalue weighted by Crippen LogP contribution is 2.26. The molecule has 118 valence electrons. The monoisotopic (exact) mass is 304 g/mol. The molecule has 2 aliphatic heterocycles. The Bertz CT molecular complexity index is 413. The average molecular weight is 304 g/mol. The summed E-state index contributed by atoms with van der Waals surface area (Å²) in [5, 5.41) is 9.59. The van der Waals surface area contributed by atoms with Crippen LogP contribution in [0.4, 0.5) is 0 Å². The van der Waals surface area contributed by atoms with Gasteiger partial charge in [-0.25, -0.2) is 12.7 Å². The van der Waals surface area contributed by atoms with Crippen molar-refractivity contribution in [3.05, 3.63) is 0 Å². The molecule has 2 saturated heterocycles. The Morgan fingerprint density at radius 2 is 1.90 bits per heavy atom. The van der Waals surface area contributed by atoms with Gasteiger partial charge < -0.3 is 5.11 Å². The quantitative estimate of drug-likeness (QED) is 0.832. The highest BCUT2D eigenvalue weighted by atomic mass is 32.2. The number of piperidine rings is 2. The molecule has 2 rings (SSSR count). The molecule has 20 heavy (non-hydrogen) atoms. The molecule has 0 aromatic rings. The van der Waals surface area contributed by atoms with E-state index in [0.717, 1.165) is 25.9 Å². The van der Waals surface area contributed by atoms with E-state index in [1.165, 1.54) is 19.1 Å². The van der Waals surface area contributed by atoms with Crippen molar-refractivity contribution in [2.45, 2.75) is 38.6 Å². The van der Waals surface area contributed by atoms with Crippen LogP contribution < -0.4 is 0 Å². The second-order valence-electron chi connectivity index (χ2n) is 6.49. The van der Waals surface area contributed by atoms with Crippen LogP contribution in [0.2, 0.25) is 0 Å².